The van der Waals surface area contributed by atoms with E-state index in [0.717, 1.165) is 0 Å². The highest BCUT2D eigenvalue weighted by Crippen LogP contribution is 2.58. The van der Waals surface area contributed by atoms with Crippen LogP contribution in [0.25, 0.3) is 76.5 Å². The first-order valence-electron chi connectivity index (χ1n) is 15.9. The van der Waals surface area contributed by atoms with Gasteiger partial charge < -0.3 is 0 Å². The van der Waals surface area contributed by atoms with Gasteiger partial charge in [-0.15, -0.1) is 0 Å². The van der Waals surface area contributed by atoms with E-state index < -0.39 is 0 Å². The maximum absolute atomic E-state index is 2.54. The van der Waals surface area contributed by atoms with Gasteiger partial charge in [0, 0.05) is 10.8 Å². The predicted octanol–water partition coefficient (Wildman–Crippen LogP) is 12.0. The second-order valence-electron chi connectivity index (χ2n) is 14.1. The summed E-state index contributed by atoms with van der Waals surface area (Å²) in [5.74, 6) is 0. The van der Waals surface area contributed by atoms with Crippen LogP contribution in [0.4, 0.5) is 0 Å². The van der Waals surface area contributed by atoms with E-state index in [0.29, 0.717) is 0 Å². The van der Waals surface area contributed by atoms with Crippen molar-refractivity contribution in [3.63, 3.8) is 0 Å². The van der Waals surface area contributed by atoms with Crippen molar-refractivity contribution in [2.75, 3.05) is 0 Å². The van der Waals surface area contributed by atoms with Gasteiger partial charge in [-0.05, 0) is 117 Å². The second-order valence-corrected chi connectivity index (χ2v) is 14.1. The molecule has 0 spiro atoms. The Morgan fingerprint density at radius 2 is 0.932 bits per heavy atom. The highest BCUT2D eigenvalue weighted by Gasteiger charge is 2.42. The highest BCUT2D eigenvalue weighted by atomic mass is 14.4. The summed E-state index contributed by atoms with van der Waals surface area (Å²) in [6.45, 7) is 9.64. The minimum atomic E-state index is -0.121. The monoisotopic (exact) mass is 560 g/mol. The molecular formula is C44H32. The quantitative estimate of drug-likeness (QED) is 0.175. The third-order valence-electron chi connectivity index (χ3n) is 11.2. The zero-order valence-electron chi connectivity index (χ0n) is 25.5. The summed E-state index contributed by atoms with van der Waals surface area (Å²) in [4.78, 5) is 0. The van der Waals surface area contributed by atoms with Crippen LogP contribution in [0.5, 0.6) is 0 Å². The Bertz CT molecular complexity index is 2520. The maximum Gasteiger partial charge on any atom is 0.0159 e. The Labute approximate surface area is 257 Å². The molecule has 0 amide bonds. The van der Waals surface area contributed by atoms with Crippen LogP contribution >= 0.6 is 0 Å². The fourth-order valence-electron chi connectivity index (χ4n) is 8.97. The minimum Gasteiger partial charge on any atom is -0.0619 e. The molecule has 10 rings (SSSR count). The average molecular weight is 561 g/mol. The molecule has 2 aliphatic rings. The van der Waals surface area contributed by atoms with E-state index in [-0.39, 0.29) is 10.8 Å². The van der Waals surface area contributed by atoms with Crippen molar-refractivity contribution >= 4 is 43.1 Å². The zero-order chi connectivity index (χ0) is 29.5. The minimum absolute atomic E-state index is 0.0225. The summed E-state index contributed by atoms with van der Waals surface area (Å²) in [5.41, 5.74) is 13.9. The molecule has 0 atom stereocenters. The van der Waals surface area contributed by atoms with E-state index >= 15 is 0 Å². The van der Waals surface area contributed by atoms with Gasteiger partial charge in [0.2, 0.25) is 0 Å². The van der Waals surface area contributed by atoms with Crippen molar-refractivity contribution in [3.8, 4) is 33.4 Å². The van der Waals surface area contributed by atoms with Gasteiger partial charge >= 0.3 is 0 Å². The Kier molecular flexibility index (Phi) is 4.43. The first-order chi connectivity index (χ1) is 21.3. The number of rotatable bonds is 1. The van der Waals surface area contributed by atoms with Gasteiger partial charge in [0.1, 0.15) is 0 Å². The van der Waals surface area contributed by atoms with Crippen LogP contribution in [0.3, 0.4) is 0 Å². The van der Waals surface area contributed by atoms with Crippen LogP contribution in [0.15, 0.2) is 121 Å². The van der Waals surface area contributed by atoms with Crippen LogP contribution < -0.4 is 0 Å². The van der Waals surface area contributed by atoms with E-state index in [2.05, 4.69) is 149 Å². The van der Waals surface area contributed by atoms with Gasteiger partial charge in [0.15, 0.2) is 0 Å². The van der Waals surface area contributed by atoms with Crippen molar-refractivity contribution < 1.29 is 0 Å². The van der Waals surface area contributed by atoms with Crippen LogP contribution in [0, 0.1) is 0 Å². The van der Waals surface area contributed by atoms with E-state index in [9.17, 15) is 0 Å². The van der Waals surface area contributed by atoms with Gasteiger partial charge in [0.05, 0.1) is 0 Å². The molecule has 2 aliphatic carbocycles. The molecule has 0 unspecified atom stereocenters. The third kappa shape index (κ3) is 2.85. The molecule has 0 fully saturated rings. The lowest BCUT2D eigenvalue weighted by Crippen LogP contribution is -2.17. The fraction of sp³-hybridized carbons (Fsp3) is 0.136. The van der Waals surface area contributed by atoms with Gasteiger partial charge in [-0.25, -0.2) is 0 Å². The first kappa shape index (κ1) is 24.5. The molecule has 0 aliphatic heterocycles. The van der Waals surface area contributed by atoms with Crippen molar-refractivity contribution in [1.29, 1.82) is 0 Å². The summed E-state index contributed by atoms with van der Waals surface area (Å²) >= 11 is 0. The molecule has 0 radical (unpaired) electrons. The largest absolute Gasteiger partial charge is 0.0619 e. The first-order valence-corrected chi connectivity index (χ1v) is 15.9. The lowest BCUT2D eigenvalue weighted by molar-refractivity contribution is 0.652. The van der Waals surface area contributed by atoms with E-state index in [4.69, 9.17) is 0 Å². The van der Waals surface area contributed by atoms with Crippen LogP contribution in [0.1, 0.15) is 49.9 Å². The maximum atomic E-state index is 2.54. The van der Waals surface area contributed by atoms with Gasteiger partial charge in [-0.2, -0.15) is 0 Å². The highest BCUT2D eigenvalue weighted by molar-refractivity contribution is 6.26. The molecule has 0 heteroatoms. The summed E-state index contributed by atoms with van der Waals surface area (Å²) in [7, 11) is 0. The van der Waals surface area contributed by atoms with Gasteiger partial charge in [-0.1, -0.05) is 131 Å². The summed E-state index contributed by atoms with van der Waals surface area (Å²) < 4.78 is 0. The summed E-state index contributed by atoms with van der Waals surface area (Å²) in [6, 6.07) is 46.3. The van der Waals surface area contributed by atoms with Gasteiger partial charge in [0.25, 0.3) is 0 Å². The molecule has 8 aromatic carbocycles. The molecule has 0 saturated carbocycles. The number of benzene rings is 8. The van der Waals surface area contributed by atoms with Crippen molar-refractivity contribution in [1.82, 2.24) is 0 Å². The van der Waals surface area contributed by atoms with E-state index in [1.807, 2.05) is 0 Å². The number of hydrogen-bond donors (Lipinski definition) is 0. The number of fused-ring (bicyclic) bond motifs is 8. The summed E-state index contributed by atoms with van der Waals surface area (Å²) in [6.07, 6.45) is 0. The van der Waals surface area contributed by atoms with Crippen molar-refractivity contribution in [2.45, 2.75) is 38.5 Å². The Morgan fingerprint density at radius 1 is 0.341 bits per heavy atom. The Hall–Kier alpha value is -4.94. The van der Waals surface area contributed by atoms with Crippen LogP contribution in [-0.2, 0) is 10.8 Å². The molecule has 0 nitrogen and oxygen atoms in total. The predicted molar refractivity (Wildman–Crippen MR) is 188 cm³/mol. The van der Waals surface area contributed by atoms with Gasteiger partial charge in [-0.3, -0.25) is 0 Å². The Balaban J connectivity index is 1.29. The molecule has 44 heavy (non-hydrogen) atoms. The van der Waals surface area contributed by atoms with E-state index in [1.165, 1.54) is 98.7 Å². The topological polar surface area (TPSA) is 0 Å². The van der Waals surface area contributed by atoms with Crippen LogP contribution in [0.2, 0.25) is 0 Å². The molecule has 0 aromatic heterocycles. The normalized spacial score (nSPS) is 15.6. The lowest BCUT2D eigenvalue weighted by Gasteiger charge is -2.24. The number of hydrogen-bond acceptors (Lipinski definition) is 0. The zero-order valence-corrected chi connectivity index (χ0v) is 25.5. The molecule has 0 saturated heterocycles. The molecular weight excluding hydrogens is 528 g/mol. The molecule has 0 heterocycles. The van der Waals surface area contributed by atoms with Crippen molar-refractivity contribution in [2.24, 2.45) is 0 Å². The molecule has 0 N–H and O–H groups in total. The third-order valence-corrected chi connectivity index (χ3v) is 11.2. The second kappa shape index (κ2) is 7.96. The average Bonchev–Trinajstić information content (AvgIpc) is 3.41. The fourth-order valence-corrected chi connectivity index (χ4v) is 8.97. The molecule has 8 aromatic rings. The molecule has 0 bridgehead atoms. The van der Waals surface area contributed by atoms with E-state index in [1.54, 1.807) is 0 Å². The standard InChI is InChI=1S/C44H32/c1-43(2)36-15-8-7-13-30(36)34-23-38-35(24-37(34)43)42-31-14-6-5-12-28(31)33(22-39(42)44(38,3)4)29-20-18-27-17-16-25-10-9-11-26-19-21-32(29)41(27)40(25)26/h5-24H,1-4H3. The smallest absolute Gasteiger partial charge is 0.0159 e. The summed E-state index contributed by atoms with van der Waals surface area (Å²) in [5, 5.41) is 10.7. The van der Waals surface area contributed by atoms with Crippen molar-refractivity contribution in [3.05, 3.63) is 144 Å². The Morgan fingerprint density at radius 3 is 1.75 bits per heavy atom. The molecule has 208 valence electrons. The lowest BCUT2D eigenvalue weighted by atomic mass is 9.78. The SMILES string of the molecule is CC1(C)c2ccccc2-c2cc3c(cc21)-c1c(cc(-c2ccc4ccc5cccc6ccc2c4c56)c2ccccc12)C3(C)C. The van der Waals surface area contributed by atoms with Crippen LogP contribution in [-0.4, -0.2) is 0 Å².